The molecule has 0 radical (unpaired) electrons. The van der Waals surface area contributed by atoms with E-state index in [9.17, 15) is 9.90 Å². The largest absolute Gasteiger partial charge is 0.481 e. The topological polar surface area (TPSA) is 127 Å². The van der Waals surface area contributed by atoms with E-state index in [2.05, 4.69) is 22.0 Å². The van der Waals surface area contributed by atoms with Gasteiger partial charge in [-0.3, -0.25) is 4.79 Å². The molecule has 4 N–H and O–H groups in total. The molecule has 4 atom stereocenters. The van der Waals surface area contributed by atoms with E-state index in [4.69, 9.17) is 15.4 Å². The lowest BCUT2D eigenvalue weighted by Crippen LogP contribution is -2.22. The van der Waals surface area contributed by atoms with Gasteiger partial charge in [0.1, 0.15) is 17.6 Å². The molecule has 30 heavy (non-hydrogen) atoms. The Balaban J connectivity index is 1.50. The Bertz CT molecular complexity index is 1100. The number of carbonyl (C=O) groups is 1. The van der Waals surface area contributed by atoms with Crippen LogP contribution in [-0.2, 0) is 4.79 Å². The van der Waals surface area contributed by atoms with Gasteiger partial charge in [-0.25, -0.2) is 4.98 Å². The molecule has 1 aromatic carbocycles. The maximum absolute atomic E-state index is 10.9. The van der Waals surface area contributed by atoms with Crippen LogP contribution in [0.5, 0.6) is 0 Å². The van der Waals surface area contributed by atoms with Crippen LogP contribution < -0.4 is 5.73 Å². The number of aliphatic hydroxyl groups is 1. The maximum atomic E-state index is 10.9. The number of nitrogens with zero attached hydrogens (tertiary/aromatic N) is 3. The van der Waals surface area contributed by atoms with Gasteiger partial charge >= 0.3 is 5.97 Å². The minimum Gasteiger partial charge on any atom is -0.481 e. The Kier molecular flexibility index (Phi) is 5.40. The molecule has 4 rings (SSSR count). The second kappa shape index (κ2) is 8.14. The smallest absolute Gasteiger partial charge is 0.307 e. The highest BCUT2D eigenvalue weighted by Crippen LogP contribution is 2.37. The van der Waals surface area contributed by atoms with Crippen LogP contribution in [0.3, 0.4) is 0 Å². The second-order valence-corrected chi connectivity index (χ2v) is 7.37. The number of aromatic nitrogens is 3. The van der Waals surface area contributed by atoms with Crippen molar-refractivity contribution in [1.82, 2.24) is 14.7 Å². The summed E-state index contributed by atoms with van der Waals surface area (Å²) in [6.45, 7) is 1.92. The van der Waals surface area contributed by atoms with Crippen molar-refractivity contribution >= 4 is 5.97 Å². The number of hydrogen-bond donors (Lipinski definition) is 3. The fraction of sp³-hybridized carbons (Fsp3) is 0.318. The SMILES string of the molecule is C[C@H](O)c1nccn1[C@H](CN)c1cc(-c2ccc(C#C[C@H]3CC3C(=O)O)cc2)on1. The second-order valence-electron chi connectivity index (χ2n) is 7.37. The molecule has 1 saturated carbocycles. The molecule has 154 valence electrons. The van der Waals surface area contributed by atoms with E-state index >= 15 is 0 Å². The molecule has 1 aliphatic carbocycles. The monoisotopic (exact) mass is 406 g/mol. The minimum absolute atomic E-state index is 0.0538. The molecule has 0 saturated heterocycles. The lowest BCUT2D eigenvalue weighted by Gasteiger charge is -2.17. The number of hydrogen-bond acceptors (Lipinski definition) is 6. The molecule has 2 heterocycles. The van der Waals surface area contributed by atoms with Gasteiger partial charge in [0.05, 0.1) is 12.0 Å². The van der Waals surface area contributed by atoms with Crippen molar-refractivity contribution in [2.75, 3.05) is 6.54 Å². The molecule has 0 bridgehead atoms. The zero-order valence-electron chi connectivity index (χ0n) is 16.4. The third kappa shape index (κ3) is 3.99. The fourth-order valence-corrected chi connectivity index (χ4v) is 3.39. The van der Waals surface area contributed by atoms with Gasteiger partial charge in [0.15, 0.2) is 5.76 Å². The van der Waals surface area contributed by atoms with E-state index < -0.39 is 12.1 Å². The van der Waals surface area contributed by atoms with Crippen molar-refractivity contribution < 1.29 is 19.5 Å². The molecule has 1 fully saturated rings. The summed E-state index contributed by atoms with van der Waals surface area (Å²) in [4.78, 5) is 15.1. The lowest BCUT2D eigenvalue weighted by atomic mass is 10.1. The molecule has 8 nitrogen and oxygen atoms in total. The molecule has 0 aliphatic heterocycles. The van der Waals surface area contributed by atoms with Gasteiger partial charge in [0, 0.05) is 42.0 Å². The summed E-state index contributed by atoms with van der Waals surface area (Å²) in [7, 11) is 0. The predicted molar refractivity (Wildman–Crippen MR) is 108 cm³/mol. The number of carboxylic acids is 1. The summed E-state index contributed by atoms with van der Waals surface area (Å²) in [5.41, 5.74) is 8.26. The van der Waals surface area contributed by atoms with Crippen molar-refractivity contribution in [3.05, 3.63) is 59.8 Å². The normalized spacial score (nSPS) is 19.6. The number of benzene rings is 1. The van der Waals surface area contributed by atoms with E-state index in [1.807, 2.05) is 30.3 Å². The zero-order chi connectivity index (χ0) is 21.3. The lowest BCUT2D eigenvalue weighted by molar-refractivity contribution is -0.138. The van der Waals surface area contributed by atoms with Crippen molar-refractivity contribution in [3.63, 3.8) is 0 Å². The molecule has 1 aliphatic rings. The molecule has 1 unspecified atom stereocenters. The average molecular weight is 406 g/mol. The van der Waals surface area contributed by atoms with Gasteiger partial charge in [-0.1, -0.05) is 17.0 Å². The fourth-order valence-electron chi connectivity index (χ4n) is 3.39. The Morgan fingerprint density at radius 2 is 2.17 bits per heavy atom. The van der Waals surface area contributed by atoms with Crippen LogP contribution in [0.4, 0.5) is 0 Å². The van der Waals surface area contributed by atoms with Crippen LogP contribution in [0.2, 0.25) is 0 Å². The highest BCUT2D eigenvalue weighted by Gasteiger charge is 2.42. The Morgan fingerprint density at radius 1 is 1.40 bits per heavy atom. The van der Waals surface area contributed by atoms with Crippen LogP contribution in [0.1, 0.15) is 42.6 Å². The summed E-state index contributed by atoms with van der Waals surface area (Å²) >= 11 is 0. The first-order valence-corrected chi connectivity index (χ1v) is 9.70. The predicted octanol–water partition coefficient (Wildman–Crippen LogP) is 2.21. The first kappa shape index (κ1) is 19.9. The van der Waals surface area contributed by atoms with E-state index in [0.29, 0.717) is 23.7 Å². The highest BCUT2D eigenvalue weighted by molar-refractivity contribution is 5.74. The van der Waals surface area contributed by atoms with Gasteiger partial charge in [-0.15, -0.1) is 0 Å². The Hall–Kier alpha value is -3.41. The Labute approximate surface area is 173 Å². The van der Waals surface area contributed by atoms with Crippen molar-refractivity contribution in [3.8, 4) is 23.2 Å². The van der Waals surface area contributed by atoms with E-state index in [1.165, 1.54) is 0 Å². The molecular weight excluding hydrogens is 384 g/mol. The van der Waals surface area contributed by atoms with Crippen LogP contribution in [-0.4, -0.2) is 37.4 Å². The van der Waals surface area contributed by atoms with Gasteiger partial charge < -0.3 is 25.0 Å². The number of rotatable bonds is 6. The third-order valence-corrected chi connectivity index (χ3v) is 5.18. The number of carboxylic acid groups (broad SMARTS) is 1. The first-order chi connectivity index (χ1) is 14.5. The van der Waals surface area contributed by atoms with Crippen LogP contribution in [0.15, 0.2) is 47.2 Å². The summed E-state index contributed by atoms with van der Waals surface area (Å²) in [6.07, 6.45) is 3.27. The molecule has 0 amide bonds. The minimum atomic E-state index is -0.780. The summed E-state index contributed by atoms with van der Waals surface area (Å²) < 4.78 is 7.32. The van der Waals surface area contributed by atoms with Gasteiger partial charge in [0.2, 0.25) is 0 Å². The van der Waals surface area contributed by atoms with Gasteiger partial charge in [-0.2, -0.15) is 0 Å². The van der Waals surface area contributed by atoms with Gasteiger partial charge in [0.25, 0.3) is 0 Å². The first-order valence-electron chi connectivity index (χ1n) is 9.70. The number of imidazole rings is 1. The van der Waals surface area contributed by atoms with Crippen molar-refractivity contribution in [1.29, 1.82) is 0 Å². The van der Waals surface area contributed by atoms with Crippen LogP contribution in [0.25, 0.3) is 11.3 Å². The van der Waals surface area contributed by atoms with Crippen molar-refractivity contribution in [2.24, 2.45) is 17.6 Å². The number of nitrogens with two attached hydrogens (primary N) is 1. The summed E-state index contributed by atoms with van der Waals surface area (Å²) in [6, 6.07) is 9.01. The third-order valence-electron chi connectivity index (χ3n) is 5.18. The molecule has 3 aromatic rings. The molecule has 2 aromatic heterocycles. The Morgan fingerprint density at radius 3 is 2.80 bits per heavy atom. The van der Waals surface area contributed by atoms with Crippen molar-refractivity contribution in [2.45, 2.75) is 25.5 Å². The van der Waals surface area contributed by atoms with Crippen LogP contribution >= 0.6 is 0 Å². The standard InChI is InChI=1S/C22H22N4O4/c1-13(27)21-24-8-9-26(21)19(12-23)18-11-20(30-25-18)15-5-2-14(3-6-15)4-7-16-10-17(16)22(28)29/h2-3,5-6,8-9,11,13,16-17,19,27H,10,12,23H2,1H3,(H,28,29)/t13-,16-,17?,19+/m0/s1. The molecular formula is C22H22N4O4. The molecule has 8 heteroatoms. The maximum Gasteiger partial charge on any atom is 0.307 e. The average Bonchev–Trinajstić information content (AvgIpc) is 3.11. The van der Waals surface area contributed by atoms with E-state index in [1.54, 1.807) is 23.9 Å². The summed E-state index contributed by atoms with van der Waals surface area (Å²) in [5.74, 6) is 5.98. The number of aliphatic carboxylic acids is 1. The van der Waals surface area contributed by atoms with Gasteiger partial charge in [-0.05, 0) is 37.6 Å². The van der Waals surface area contributed by atoms with Crippen LogP contribution in [0, 0.1) is 23.7 Å². The highest BCUT2D eigenvalue weighted by atomic mass is 16.5. The van der Waals surface area contributed by atoms with E-state index in [0.717, 1.165) is 11.1 Å². The van der Waals surface area contributed by atoms with E-state index in [-0.39, 0.29) is 24.4 Å². The zero-order valence-corrected chi connectivity index (χ0v) is 16.4. The molecule has 0 spiro atoms. The quantitative estimate of drug-likeness (QED) is 0.536. The summed E-state index contributed by atoms with van der Waals surface area (Å²) in [5, 5.41) is 23.0. The number of aliphatic hydroxyl groups excluding tert-OH is 1.